The van der Waals surface area contributed by atoms with Crippen molar-refractivity contribution in [2.24, 2.45) is 34.5 Å². The molecule has 4 rings (SSSR count). The molecule has 4 aliphatic rings. The number of fused-ring (bicyclic) bond motifs is 4. The van der Waals surface area contributed by atoms with Gasteiger partial charge < -0.3 is 9.84 Å². The Labute approximate surface area is 143 Å². The van der Waals surface area contributed by atoms with Crippen LogP contribution < -0.4 is 0 Å². The number of allylic oxidation sites excluding steroid dienone is 2. The third-order valence-electron chi connectivity index (χ3n) is 7.71. The lowest BCUT2D eigenvalue weighted by molar-refractivity contribution is -0.168. The molecular formula is C20H26O4. The highest BCUT2D eigenvalue weighted by Gasteiger charge is 2.60. The van der Waals surface area contributed by atoms with E-state index in [0.29, 0.717) is 17.8 Å². The minimum Gasteiger partial charge on any atom is -0.481 e. The molecule has 0 radical (unpaired) electrons. The van der Waals surface area contributed by atoms with E-state index >= 15 is 0 Å². The lowest BCUT2D eigenvalue weighted by Gasteiger charge is -2.60. The zero-order chi connectivity index (χ0) is 17.3. The molecule has 4 nitrogen and oxygen atoms in total. The summed E-state index contributed by atoms with van der Waals surface area (Å²) in [4.78, 5) is 23.7. The second-order valence-corrected chi connectivity index (χ2v) is 8.74. The van der Waals surface area contributed by atoms with Crippen molar-refractivity contribution in [1.82, 2.24) is 0 Å². The fraction of sp³-hybridized carbons (Fsp3) is 0.700. The molecule has 0 amide bonds. The zero-order valence-electron chi connectivity index (χ0n) is 14.7. The van der Waals surface area contributed by atoms with Gasteiger partial charge in [-0.15, -0.1) is 0 Å². The van der Waals surface area contributed by atoms with Gasteiger partial charge in [0, 0.05) is 11.6 Å². The van der Waals surface area contributed by atoms with Crippen LogP contribution in [-0.4, -0.2) is 17.0 Å². The van der Waals surface area contributed by atoms with Crippen molar-refractivity contribution in [3.8, 4) is 0 Å². The molecule has 1 aliphatic heterocycles. The molecule has 2 fully saturated rings. The van der Waals surface area contributed by atoms with Gasteiger partial charge in [-0.05, 0) is 67.8 Å². The number of esters is 1. The molecule has 0 aromatic heterocycles. The molecule has 1 heterocycles. The van der Waals surface area contributed by atoms with Crippen LogP contribution in [0.5, 0.6) is 0 Å². The first-order valence-corrected chi connectivity index (χ1v) is 9.16. The summed E-state index contributed by atoms with van der Waals surface area (Å²) in [5, 5.41) is 9.89. The van der Waals surface area contributed by atoms with Crippen LogP contribution in [0, 0.1) is 34.5 Å². The molecule has 0 aromatic carbocycles. The molecule has 1 N–H and O–H groups in total. The number of aliphatic carboxylic acids is 1. The summed E-state index contributed by atoms with van der Waals surface area (Å²) in [6.07, 6.45) is 8.58. The topological polar surface area (TPSA) is 63.6 Å². The van der Waals surface area contributed by atoms with Crippen LogP contribution in [0.25, 0.3) is 0 Å². The van der Waals surface area contributed by atoms with Crippen molar-refractivity contribution in [2.75, 3.05) is 0 Å². The van der Waals surface area contributed by atoms with E-state index in [1.54, 1.807) is 6.08 Å². The van der Waals surface area contributed by atoms with Gasteiger partial charge in [-0.3, -0.25) is 4.79 Å². The molecule has 4 heteroatoms. The van der Waals surface area contributed by atoms with E-state index in [9.17, 15) is 14.7 Å². The number of carbonyl (C=O) groups is 2. The van der Waals surface area contributed by atoms with E-state index in [1.165, 1.54) is 0 Å². The molecule has 0 unspecified atom stereocenters. The molecule has 130 valence electrons. The van der Waals surface area contributed by atoms with Gasteiger partial charge in [0.25, 0.3) is 0 Å². The highest BCUT2D eigenvalue weighted by Crippen LogP contribution is 2.64. The summed E-state index contributed by atoms with van der Waals surface area (Å²) < 4.78 is 5.42. The van der Waals surface area contributed by atoms with Gasteiger partial charge in [0.05, 0.1) is 5.41 Å². The second kappa shape index (κ2) is 4.96. The van der Waals surface area contributed by atoms with E-state index in [0.717, 1.165) is 43.4 Å². The molecular weight excluding hydrogens is 304 g/mol. The van der Waals surface area contributed by atoms with Gasteiger partial charge in [-0.1, -0.05) is 20.3 Å². The van der Waals surface area contributed by atoms with Gasteiger partial charge in [0.2, 0.25) is 0 Å². The quantitative estimate of drug-likeness (QED) is 0.740. The Balaban J connectivity index is 1.78. The number of rotatable bonds is 1. The van der Waals surface area contributed by atoms with Crippen LogP contribution in [0.15, 0.2) is 23.5 Å². The first-order valence-electron chi connectivity index (χ1n) is 9.16. The summed E-state index contributed by atoms with van der Waals surface area (Å²) in [5.74, 6) is 1.08. The average Bonchev–Trinajstić information content (AvgIpc) is 2.89. The Morgan fingerprint density at radius 1 is 1.29 bits per heavy atom. The van der Waals surface area contributed by atoms with E-state index in [4.69, 9.17) is 4.74 Å². The first kappa shape index (κ1) is 15.9. The lowest BCUT2D eigenvalue weighted by atomic mass is 9.44. The Hall–Kier alpha value is -1.58. The minimum absolute atomic E-state index is 0.0317. The van der Waals surface area contributed by atoms with E-state index in [2.05, 4.69) is 19.9 Å². The van der Waals surface area contributed by atoms with Crippen LogP contribution in [0.2, 0.25) is 0 Å². The maximum absolute atomic E-state index is 12.0. The Morgan fingerprint density at radius 2 is 2.04 bits per heavy atom. The molecule has 24 heavy (non-hydrogen) atoms. The van der Waals surface area contributed by atoms with Crippen molar-refractivity contribution in [2.45, 2.75) is 52.9 Å². The second-order valence-electron chi connectivity index (χ2n) is 8.74. The molecule has 0 bridgehead atoms. The van der Waals surface area contributed by atoms with E-state index < -0.39 is 11.4 Å². The highest BCUT2D eigenvalue weighted by atomic mass is 16.5. The first-order chi connectivity index (χ1) is 11.3. The van der Waals surface area contributed by atoms with Gasteiger partial charge in [-0.25, -0.2) is 4.79 Å². The van der Waals surface area contributed by atoms with Crippen molar-refractivity contribution >= 4 is 11.9 Å². The smallest absolute Gasteiger partial charge is 0.336 e. The minimum atomic E-state index is -0.652. The number of carbonyl (C=O) groups excluding carboxylic acids is 1. The molecule has 0 spiro atoms. The fourth-order valence-electron chi connectivity index (χ4n) is 6.39. The molecule has 0 saturated heterocycles. The Kier molecular flexibility index (Phi) is 3.29. The normalized spacial score (nSPS) is 46.9. The van der Waals surface area contributed by atoms with Crippen LogP contribution in [-0.2, 0) is 14.3 Å². The van der Waals surface area contributed by atoms with E-state index in [-0.39, 0.29) is 17.3 Å². The maximum Gasteiger partial charge on any atom is 0.336 e. The predicted molar refractivity (Wildman–Crippen MR) is 88.8 cm³/mol. The van der Waals surface area contributed by atoms with Crippen LogP contribution >= 0.6 is 0 Å². The summed E-state index contributed by atoms with van der Waals surface area (Å²) >= 11 is 0. The Morgan fingerprint density at radius 3 is 2.75 bits per heavy atom. The SMILES string of the molecule is C[C@@H]1C2=CC(=O)OC2=C[C@@H]2[C@@H]1CC[C@H]1[C@@]2(C)CCC[C@]1(C)C(=O)O. The number of carboxylic acid groups (broad SMARTS) is 1. The van der Waals surface area contributed by atoms with Gasteiger partial charge in [0.1, 0.15) is 5.76 Å². The monoisotopic (exact) mass is 330 g/mol. The van der Waals surface area contributed by atoms with Gasteiger partial charge in [0.15, 0.2) is 0 Å². The molecule has 0 aromatic rings. The molecule has 3 aliphatic carbocycles. The third-order valence-corrected chi connectivity index (χ3v) is 7.71. The maximum atomic E-state index is 12.0. The summed E-state index contributed by atoms with van der Waals surface area (Å²) in [6.45, 7) is 6.42. The van der Waals surface area contributed by atoms with Crippen LogP contribution in [0.3, 0.4) is 0 Å². The Bertz CT molecular complexity index is 675. The average molecular weight is 330 g/mol. The van der Waals surface area contributed by atoms with E-state index in [1.807, 2.05) is 6.92 Å². The van der Waals surface area contributed by atoms with Crippen molar-refractivity contribution in [3.63, 3.8) is 0 Å². The van der Waals surface area contributed by atoms with Gasteiger partial charge in [-0.2, -0.15) is 0 Å². The molecule has 2 saturated carbocycles. The lowest BCUT2D eigenvalue weighted by Crippen LogP contribution is -2.56. The van der Waals surface area contributed by atoms with Crippen molar-refractivity contribution in [1.29, 1.82) is 0 Å². The van der Waals surface area contributed by atoms with Crippen molar-refractivity contribution in [3.05, 3.63) is 23.5 Å². The van der Waals surface area contributed by atoms with Crippen LogP contribution in [0.1, 0.15) is 52.9 Å². The largest absolute Gasteiger partial charge is 0.481 e. The fourth-order valence-corrected chi connectivity index (χ4v) is 6.39. The van der Waals surface area contributed by atoms with Crippen LogP contribution in [0.4, 0.5) is 0 Å². The standard InChI is InChI=1S/C20H26O4/c1-11-12-5-6-16-19(2,7-4-8-20(16,3)18(22)23)14(12)10-15-13(11)9-17(21)24-15/h9-12,14,16H,4-8H2,1-3H3,(H,22,23)/t11-,12+,14+,16-,19-,20-/m0/s1. The summed E-state index contributed by atoms with van der Waals surface area (Å²) in [6, 6.07) is 0. The number of hydrogen-bond donors (Lipinski definition) is 1. The zero-order valence-corrected chi connectivity index (χ0v) is 14.7. The summed E-state index contributed by atoms with van der Waals surface area (Å²) in [7, 11) is 0. The highest BCUT2D eigenvalue weighted by molar-refractivity contribution is 5.88. The predicted octanol–water partition coefficient (Wildman–Crippen LogP) is 3.93. The molecule has 6 atom stereocenters. The number of carboxylic acids is 1. The van der Waals surface area contributed by atoms with Crippen molar-refractivity contribution < 1.29 is 19.4 Å². The third kappa shape index (κ3) is 1.91. The number of hydrogen-bond acceptors (Lipinski definition) is 3. The summed E-state index contributed by atoms with van der Waals surface area (Å²) in [5.41, 5.74) is 0.373. The number of ether oxygens (including phenoxy) is 1. The van der Waals surface area contributed by atoms with Gasteiger partial charge >= 0.3 is 11.9 Å².